The Morgan fingerprint density at radius 3 is 1.77 bits per heavy atom. The second-order valence-electron chi connectivity index (χ2n) is 6.52. The van der Waals surface area contributed by atoms with Crippen molar-refractivity contribution in [2.75, 3.05) is 0 Å². The van der Waals surface area contributed by atoms with Crippen molar-refractivity contribution in [1.29, 1.82) is 0 Å². The number of nitrogens with zero attached hydrogens (tertiary/aromatic N) is 1. The van der Waals surface area contributed by atoms with Gasteiger partial charge in [0.15, 0.2) is 0 Å². The molecule has 4 aromatic rings. The third kappa shape index (κ3) is 4.47. The smallest absolute Gasteiger partial charge is 0.335 e. The third-order valence-electron chi connectivity index (χ3n) is 4.41. The summed E-state index contributed by atoms with van der Waals surface area (Å²) in [6.45, 7) is 0. The van der Waals surface area contributed by atoms with Crippen LogP contribution in [0.5, 0.6) is 11.5 Å². The van der Waals surface area contributed by atoms with Crippen molar-refractivity contribution in [1.82, 2.24) is 4.98 Å². The first kappa shape index (κ1) is 19.6. The van der Waals surface area contributed by atoms with Gasteiger partial charge in [-0.05, 0) is 72.8 Å². The molecule has 30 heavy (non-hydrogen) atoms. The summed E-state index contributed by atoms with van der Waals surface area (Å²) in [6, 6.07) is 22.9. The number of carboxylic acids is 1. The maximum absolute atomic E-state index is 13.0. The van der Waals surface area contributed by atoms with Crippen LogP contribution in [0.1, 0.15) is 10.4 Å². The SMILES string of the molecule is O=C(O)c1cc(-c2ccc(Cl)cc2)nc(-c2ccc(Oc3ccc(F)cc3)cc2)c1. The van der Waals surface area contributed by atoms with Gasteiger partial charge in [0, 0.05) is 16.1 Å². The molecule has 0 unspecified atom stereocenters. The number of aromatic nitrogens is 1. The van der Waals surface area contributed by atoms with E-state index < -0.39 is 5.97 Å². The predicted molar refractivity (Wildman–Crippen MR) is 114 cm³/mol. The summed E-state index contributed by atoms with van der Waals surface area (Å²) in [6.07, 6.45) is 0. The molecule has 0 spiro atoms. The zero-order valence-electron chi connectivity index (χ0n) is 15.5. The summed E-state index contributed by atoms with van der Waals surface area (Å²) in [4.78, 5) is 16.2. The van der Waals surface area contributed by atoms with Gasteiger partial charge in [-0.3, -0.25) is 0 Å². The van der Waals surface area contributed by atoms with E-state index in [1.165, 1.54) is 24.3 Å². The number of rotatable bonds is 5. The molecule has 6 heteroatoms. The van der Waals surface area contributed by atoms with Crippen LogP contribution in [0.2, 0.25) is 5.02 Å². The number of benzene rings is 3. The highest BCUT2D eigenvalue weighted by Gasteiger charge is 2.12. The molecule has 3 aromatic carbocycles. The van der Waals surface area contributed by atoms with E-state index in [-0.39, 0.29) is 11.4 Å². The number of aromatic carboxylic acids is 1. The fraction of sp³-hybridized carbons (Fsp3) is 0. The molecule has 4 rings (SSSR count). The predicted octanol–water partition coefficient (Wildman–Crippen LogP) is 6.70. The lowest BCUT2D eigenvalue weighted by Crippen LogP contribution is -2.00. The summed E-state index contributed by atoms with van der Waals surface area (Å²) in [5, 5.41) is 10.1. The number of hydrogen-bond acceptors (Lipinski definition) is 3. The zero-order chi connectivity index (χ0) is 21.1. The Morgan fingerprint density at radius 2 is 1.27 bits per heavy atom. The average molecular weight is 420 g/mol. The minimum Gasteiger partial charge on any atom is -0.478 e. The van der Waals surface area contributed by atoms with Crippen molar-refractivity contribution < 1.29 is 19.0 Å². The van der Waals surface area contributed by atoms with Gasteiger partial charge < -0.3 is 9.84 Å². The Morgan fingerprint density at radius 1 is 0.800 bits per heavy atom. The zero-order valence-corrected chi connectivity index (χ0v) is 16.3. The van der Waals surface area contributed by atoms with E-state index in [1.54, 1.807) is 60.7 Å². The average Bonchev–Trinajstić information content (AvgIpc) is 2.76. The summed E-state index contributed by atoms with van der Waals surface area (Å²) in [5.41, 5.74) is 2.69. The van der Waals surface area contributed by atoms with Crippen molar-refractivity contribution in [3.05, 3.63) is 101 Å². The summed E-state index contributed by atoms with van der Waals surface area (Å²) < 4.78 is 18.7. The van der Waals surface area contributed by atoms with Crippen LogP contribution >= 0.6 is 11.6 Å². The third-order valence-corrected chi connectivity index (χ3v) is 4.66. The molecule has 148 valence electrons. The fourth-order valence-electron chi connectivity index (χ4n) is 2.90. The number of hydrogen-bond donors (Lipinski definition) is 1. The van der Waals surface area contributed by atoms with Gasteiger partial charge in [-0.2, -0.15) is 0 Å². The molecule has 0 aliphatic rings. The van der Waals surface area contributed by atoms with Crippen molar-refractivity contribution >= 4 is 17.6 Å². The Labute approximate surface area is 177 Å². The second kappa shape index (κ2) is 8.35. The molecule has 0 atom stereocenters. The minimum atomic E-state index is -1.04. The minimum absolute atomic E-state index is 0.136. The standard InChI is InChI=1S/C24H15ClFNO3/c25-18-5-1-15(2-6-18)22-13-17(24(28)29)14-23(27-22)16-3-9-20(10-4-16)30-21-11-7-19(26)8-12-21/h1-14H,(H,28,29). The van der Waals surface area contributed by atoms with E-state index in [0.717, 1.165) is 11.1 Å². The van der Waals surface area contributed by atoms with E-state index in [1.807, 2.05) is 0 Å². The number of ether oxygens (including phenoxy) is 1. The lowest BCUT2D eigenvalue weighted by atomic mass is 10.0. The molecular weight excluding hydrogens is 405 g/mol. The van der Waals surface area contributed by atoms with Gasteiger partial charge in [0.05, 0.1) is 17.0 Å². The quantitative estimate of drug-likeness (QED) is 0.391. The van der Waals surface area contributed by atoms with Crippen LogP contribution in [0, 0.1) is 5.82 Å². The van der Waals surface area contributed by atoms with E-state index >= 15 is 0 Å². The van der Waals surface area contributed by atoms with Crippen molar-refractivity contribution in [2.45, 2.75) is 0 Å². The van der Waals surface area contributed by atoms with Gasteiger partial charge >= 0.3 is 5.97 Å². The lowest BCUT2D eigenvalue weighted by Gasteiger charge is -2.09. The normalized spacial score (nSPS) is 10.6. The number of carboxylic acid groups (broad SMARTS) is 1. The van der Waals surface area contributed by atoms with Crippen LogP contribution in [0.15, 0.2) is 84.9 Å². The van der Waals surface area contributed by atoms with Crippen LogP contribution in [0.4, 0.5) is 4.39 Å². The largest absolute Gasteiger partial charge is 0.478 e. The Bertz CT molecular complexity index is 1190. The molecule has 0 fully saturated rings. The summed E-state index contributed by atoms with van der Waals surface area (Å²) in [5.74, 6) is -0.290. The monoisotopic (exact) mass is 419 g/mol. The second-order valence-corrected chi connectivity index (χ2v) is 6.96. The number of carbonyl (C=O) groups is 1. The Kier molecular flexibility index (Phi) is 5.46. The molecular formula is C24H15ClFNO3. The van der Waals surface area contributed by atoms with Crippen LogP contribution in [-0.4, -0.2) is 16.1 Å². The number of pyridine rings is 1. The number of halogens is 2. The van der Waals surface area contributed by atoms with Crippen LogP contribution < -0.4 is 4.74 Å². The first-order chi connectivity index (χ1) is 14.5. The maximum Gasteiger partial charge on any atom is 0.335 e. The lowest BCUT2D eigenvalue weighted by molar-refractivity contribution is 0.0697. The molecule has 0 saturated heterocycles. The maximum atomic E-state index is 13.0. The summed E-state index contributed by atoms with van der Waals surface area (Å²) >= 11 is 5.94. The Hall–Kier alpha value is -3.70. The van der Waals surface area contributed by atoms with Crippen LogP contribution in [0.25, 0.3) is 22.5 Å². The molecule has 1 N–H and O–H groups in total. The van der Waals surface area contributed by atoms with Gasteiger partial charge in [0.2, 0.25) is 0 Å². The Balaban J connectivity index is 1.66. The van der Waals surface area contributed by atoms with Gasteiger partial charge in [-0.25, -0.2) is 14.2 Å². The fourth-order valence-corrected chi connectivity index (χ4v) is 3.03. The summed E-state index contributed by atoms with van der Waals surface area (Å²) in [7, 11) is 0. The molecule has 4 nitrogen and oxygen atoms in total. The van der Waals surface area contributed by atoms with Crippen molar-refractivity contribution in [2.24, 2.45) is 0 Å². The molecule has 0 radical (unpaired) electrons. The van der Waals surface area contributed by atoms with Crippen molar-refractivity contribution in [3.63, 3.8) is 0 Å². The molecule has 0 aliphatic carbocycles. The van der Waals surface area contributed by atoms with E-state index in [2.05, 4.69) is 4.98 Å². The molecule has 0 aliphatic heterocycles. The highest BCUT2D eigenvalue weighted by atomic mass is 35.5. The highest BCUT2D eigenvalue weighted by molar-refractivity contribution is 6.30. The van der Waals surface area contributed by atoms with Crippen LogP contribution in [0.3, 0.4) is 0 Å². The molecule has 0 saturated carbocycles. The van der Waals surface area contributed by atoms with E-state index in [0.29, 0.717) is 27.9 Å². The topological polar surface area (TPSA) is 59.4 Å². The molecule has 1 heterocycles. The van der Waals surface area contributed by atoms with E-state index in [9.17, 15) is 14.3 Å². The molecule has 1 aromatic heterocycles. The van der Waals surface area contributed by atoms with Gasteiger partial charge in [-0.15, -0.1) is 0 Å². The highest BCUT2D eigenvalue weighted by Crippen LogP contribution is 2.28. The molecule has 0 amide bonds. The van der Waals surface area contributed by atoms with E-state index in [4.69, 9.17) is 16.3 Å². The van der Waals surface area contributed by atoms with Crippen LogP contribution in [-0.2, 0) is 0 Å². The first-order valence-corrected chi connectivity index (χ1v) is 9.41. The molecule has 0 bridgehead atoms. The van der Waals surface area contributed by atoms with Gasteiger partial charge in [0.25, 0.3) is 0 Å². The first-order valence-electron chi connectivity index (χ1n) is 9.03. The van der Waals surface area contributed by atoms with Gasteiger partial charge in [-0.1, -0.05) is 23.7 Å². The van der Waals surface area contributed by atoms with Gasteiger partial charge in [0.1, 0.15) is 17.3 Å². The van der Waals surface area contributed by atoms with Crippen molar-refractivity contribution in [3.8, 4) is 34.0 Å².